The van der Waals surface area contributed by atoms with Crippen LogP contribution < -0.4 is 23.7 Å². The van der Waals surface area contributed by atoms with E-state index in [2.05, 4.69) is 0 Å². The minimum Gasteiger partial charge on any atom is -0.493 e. The van der Waals surface area contributed by atoms with Gasteiger partial charge >= 0.3 is 0 Å². The van der Waals surface area contributed by atoms with Crippen LogP contribution in [-0.2, 0) is 24.4 Å². The fraction of sp³-hybridized carbons (Fsp3) is 0.250. The Morgan fingerprint density at radius 2 is 1.41 bits per heavy atom. The normalized spacial score (nSPS) is 16.1. The van der Waals surface area contributed by atoms with Gasteiger partial charge in [-0.1, -0.05) is 66.7 Å². The number of aliphatic hydroxyl groups is 1. The zero-order chi connectivity index (χ0) is 27.0. The van der Waals surface area contributed by atoms with Crippen LogP contribution in [0, 0.1) is 0 Å². The van der Waals surface area contributed by atoms with Crippen LogP contribution in [0.2, 0.25) is 0 Å². The third-order valence-electron chi connectivity index (χ3n) is 6.49. The summed E-state index contributed by atoms with van der Waals surface area (Å²) >= 11 is 0. The zero-order valence-electron chi connectivity index (χ0n) is 22.0. The molecule has 4 aromatic rings. The average molecular weight is 529 g/mol. The van der Waals surface area contributed by atoms with E-state index in [0.717, 1.165) is 22.3 Å². The highest BCUT2D eigenvalue weighted by Gasteiger charge is 2.33. The molecule has 0 unspecified atom stereocenters. The number of aliphatic hydroxyl groups excluding tert-OH is 1. The lowest BCUT2D eigenvalue weighted by atomic mass is 9.93. The summed E-state index contributed by atoms with van der Waals surface area (Å²) in [6.45, 7) is 0.852. The number of rotatable bonds is 11. The zero-order valence-corrected chi connectivity index (χ0v) is 22.0. The first-order valence-corrected chi connectivity index (χ1v) is 12.8. The molecule has 4 aromatic carbocycles. The third kappa shape index (κ3) is 6.45. The number of ether oxygens (including phenoxy) is 6. The molecular formula is C32H32O7. The maximum Gasteiger partial charge on any atom is 0.188 e. The van der Waals surface area contributed by atoms with Gasteiger partial charge in [0.1, 0.15) is 36.6 Å². The maximum absolute atomic E-state index is 11.2. The number of benzene rings is 4. The largest absolute Gasteiger partial charge is 0.493 e. The summed E-state index contributed by atoms with van der Waals surface area (Å²) in [6, 6.07) is 29.0. The van der Waals surface area contributed by atoms with E-state index in [1.807, 2.05) is 78.9 Å². The van der Waals surface area contributed by atoms with Crippen molar-refractivity contribution >= 4 is 0 Å². The molecule has 0 aliphatic carbocycles. The molecular weight excluding hydrogens is 496 g/mol. The van der Waals surface area contributed by atoms with Crippen LogP contribution in [0.1, 0.15) is 28.4 Å². The lowest BCUT2D eigenvalue weighted by Gasteiger charge is -2.32. The molecule has 1 heterocycles. The number of hydrogen-bond acceptors (Lipinski definition) is 7. The van der Waals surface area contributed by atoms with E-state index >= 15 is 0 Å². The molecule has 1 aliphatic heterocycles. The van der Waals surface area contributed by atoms with Crippen molar-refractivity contribution in [1.29, 1.82) is 0 Å². The van der Waals surface area contributed by atoms with Crippen LogP contribution in [0.5, 0.6) is 28.7 Å². The van der Waals surface area contributed by atoms with E-state index in [9.17, 15) is 5.11 Å². The van der Waals surface area contributed by atoms with Gasteiger partial charge < -0.3 is 33.5 Å². The average Bonchev–Trinajstić information content (AvgIpc) is 2.98. The van der Waals surface area contributed by atoms with E-state index in [1.54, 1.807) is 26.4 Å². The molecule has 0 aromatic heterocycles. The fourth-order valence-electron chi connectivity index (χ4n) is 4.52. The first-order chi connectivity index (χ1) is 19.1. The second-order valence-electron chi connectivity index (χ2n) is 9.22. The Labute approximate surface area is 228 Å². The third-order valence-corrected chi connectivity index (χ3v) is 6.49. The summed E-state index contributed by atoms with van der Waals surface area (Å²) in [6.07, 6.45) is -1.08. The topological polar surface area (TPSA) is 75.6 Å². The Morgan fingerprint density at radius 1 is 0.744 bits per heavy atom. The highest BCUT2D eigenvalue weighted by atomic mass is 16.7. The van der Waals surface area contributed by atoms with Gasteiger partial charge in [-0.25, -0.2) is 0 Å². The van der Waals surface area contributed by atoms with E-state index in [1.165, 1.54) is 0 Å². The lowest BCUT2D eigenvalue weighted by Crippen LogP contribution is -2.30. The first-order valence-electron chi connectivity index (χ1n) is 12.8. The number of methoxy groups -OCH3 is 2. The summed E-state index contributed by atoms with van der Waals surface area (Å²) in [4.78, 5) is 0. The monoisotopic (exact) mass is 528 g/mol. The van der Waals surface area contributed by atoms with Crippen LogP contribution in [0.4, 0.5) is 0 Å². The molecule has 0 bridgehead atoms. The molecule has 2 atom stereocenters. The molecule has 7 heteroatoms. The van der Waals surface area contributed by atoms with Gasteiger partial charge in [0.2, 0.25) is 0 Å². The van der Waals surface area contributed by atoms with Gasteiger partial charge in [-0.3, -0.25) is 0 Å². The van der Waals surface area contributed by atoms with Crippen molar-refractivity contribution in [1.82, 2.24) is 0 Å². The van der Waals surface area contributed by atoms with Crippen LogP contribution in [-0.4, -0.2) is 32.2 Å². The second-order valence-corrected chi connectivity index (χ2v) is 9.22. The van der Waals surface area contributed by atoms with Crippen molar-refractivity contribution in [3.05, 3.63) is 113 Å². The Morgan fingerprint density at radius 3 is 2.05 bits per heavy atom. The van der Waals surface area contributed by atoms with Gasteiger partial charge in [0.25, 0.3) is 0 Å². The van der Waals surface area contributed by atoms with E-state index in [0.29, 0.717) is 48.4 Å². The van der Waals surface area contributed by atoms with Gasteiger partial charge in [-0.05, 0) is 28.8 Å². The van der Waals surface area contributed by atoms with Gasteiger partial charge in [0.05, 0.1) is 13.2 Å². The van der Waals surface area contributed by atoms with E-state index in [-0.39, 0.29) is 6.79 Å². The molecule has 0 fully saturated rings. The second kappa shape index (κ2) is 12.6. The number of hydrogen-bond donors (Lipinski definition) is 1. The molecule has 202 valence electrons. The predicted octanol–water partition coefficient (Wildman–Crippen LogP) is 5.87. The Bertz CT molecular complexity index is 1360. The van der Waals surface area contributed by atoms with Crippen molar-refractivity contribution < 1.29 is 33.5 Å². The molecule has 1 N–H and O–H groups in total. The molecule has 5 rings (SSSR count). The minimum atomic E-state index is -0.808. The van der Waals surface area contributed by atoms with Gasteiger partial charge in [0.15, 0.2) is 18.3 Å². The Hall–Kier alpha value is -4.20. The smallest absolute Gasteiger partial charge is 0.188 e. The van der Waals surface area contributed by atoms with Gasteiger partial charge in [-0.15, -0.1) is 0 Å². The van der Waals surface area contributed by atoms with Crippen LogP contribution >= 0.6 is 0 Å². The van der Waals surface area contributed by atoms with Gasteiger partial charge in [-0.2, -0.15) is 0 Å². The molecule has 0 spiro atoms. The molecule has 0 saturated carbocycles. The molecule has 39 heavy (non-hydrogen) atoms. The molecule has 1 aliphatic rings. The first kappa shape index (κ1) is 26.4. The van der Waals surface area contributed by atoms with Crippen molar-refractivity contribution in [2.45, 2.75) is 31.8 Å². The van der Waals surface area contributed by atoms with Crippen molar-refractivity contribution in [3.8, 4) is 28.7 Å². The van der Waals surface area contributed by atoms with Crippen LogP contribution in [0.15, 0.2) is 91.0 Å². The molecule has 0 amide bonds. The highest BCUT2D eigenvalue weighted by Crippen LogP contribution is 2.44. The molecule has 0 saturated heterocycles. The predicted molar refractivity (Wildman–Crippen MR) is 147 cm³/mol. The van der Waals surface area contributed by atoms with Crippen LogP contribution in [0.3, 0.4) is 0 Å². The Kier molecular flexibility index (Phi) is 8.51. The summed E-state index contributed by atoms with van der Waals surface area (Å²) in [5.74, 6) is 2.92. The summed E-state index contributed by atoms with van der Waals surface area (Å²) in [7, 11) is 3.17. The van der Waals surface area contributed by atoms with Crippen molar-refractivity contribution in [2.75, 3.05) is 21.0 Å². The molecule has 0 radical (unpaired) electrons. The molecule has 7 nitrogen and oxygen atoms in total. The van der Waals surface area contributed by atoms with Crippen molar-refractivity contribution in [3.63, 3.8) is 0 Å². The number of fused-ring (bicyclic) bond motifs is 1. The highest BCUT2D eigenvalue weighted by molar-refractivity contribution is 5.53. The summed E-state index contributed by atoms with van der Waals surface area (Å²) in [5, 5.41) is 11.2. The minimum absolute atomic E-state index is 0.0869. The van der Waals surface area contributed by atoms with Crippen molar-refractivity contribution in [2.24, 2.45) is 0 Å². The van der Waals surface area contributed by atoms with Crippen LogP contribution in [0.25, 0.3) is 0 Å². The summed E-state index contributed by atoms with van der Waals surface area (Å²) < 4.78 is 35.0. The van der Waals surface area contributed by atoms with E-state index in [4.69, 9.17) is 28.4 Å². The fourth-order valence-corrected chi connectivity index (χ4v) is 4.52. The lowest BCUT2D eigenvalue weighted by molar-refractivity contribution is 0.0183. The standard InChI is InChI=1S/C32H32O7/c1-34-21-38-25-16-29(36-19-22-9-5-3-6-10-22)26-18-27(33)32(39-30(26)17-25)24-13-14-28(35-2)31(15-24)37-20-23-11-7-4-8-12-23/h3-17,27,32-33H,18-21H2,1-2H3/t27-,32-/m1/s1. The van der Waals surface area contributed by atoms with Gasteiger partial charge in [0, 0.05) is 31.2 Å². The van der Waals surface area contributed by atoms with E-state index < -0.39 is 12.2 Å². The Balaban J connectivity index is 1.40. The maximum atomic E-state index is 11.2. The SMILES string of the molecule is COCOc1cc(OCc2ccccc2)c2c(c1)O[C@H](c1ccc(OC)c(OCc3ccccc3)c1)[C@H](O)C2. The quantitative estimate of drug-likeness (QED) is 0.244. The summed E-state index contributed by atoms with van der Waals surface area (Å²) in [5.41, 5.74) is 3.63.